The molecule has 0 saturated carbocycles. The molecule has 0 aliphatic heterocycles. The maximum absolute atomic E-state index is 12.1. The highest BCUT2D eigenvalue weighted by molar-refractivity contribution is 5.70. The minimum Gasteiger partial charge on any atom is -0.550 e. The van der Waals surface area contributed by atoms with Crippen LogP contribution in [0.1, 0.15) is 103 Å². The van der Waals surface area contributed by atoms with Crippen LogP contribution in [0.3, 0.4) is 0 Å². The third kappa shape index (κ3) is 26.5. The van der Waals surface area contributed by atoms with Crippen molar-refractivity contribution in [2.75, 3.05) is 27.7 Å². The molecule has 0 amide bonds. The molecule has 0 heterocycles. The first kappa shape index (κ1) is 33.9. The van der Waals surface area contributed by atoms with Crippen molar-refractivity contribution >= 4 is 11.9 Å². The van der Waals surface area contributed by atoms with Crippen LogP contribution in [0.15, 0.2) is 48.6 Å². The molecule has 0 bridgehead atoms. The lowest BCUT2D eigenvalue weighted by atomic mass is 10.1. The SMILES string of the molecule is CCCCC/C=C/C/C=C/C/C=C/C/C=C/CCCCCCCC(=O)OC(CC(=O)[O-])C[N+](C)(C)C. The van der Waals surface area contributed by atoms with Crippen molar-refractivity contribution in [1.29, 1.82) is 0 Å². The van der Waals surface area contributed by atoms with E-state index in [0.29, 0.717) is 17.4 Å². The Balaban J connectivity index is 3.68. The normalized spacial score (nSPS) is 13.4. The van der Waals surface area contributed by atoms with Crippen LogP contribution < -0.4 is 5.11 Å². The van der Waals surface area contributed by atoms with E-state index in [2.05, 4.69) is 55.5 Å². The van der Waals surface area contributed by atoms with Gasteiger partial charge < -0.3 is 19.1 Å². The minimum absolute atomic E-state index is 0.251. The van der Waals surface area contributed by atoms with Crippen LogP contribution in [0.4, 0.5) is 0 Å². The van der Waals surface area contributed by atoms with Gasteiger partial charge in [0.25, 0.3) is 0 Å². The molecule has 36 heavy (non-hydrogen) atoms. The Morgan fingerprint density at radius 3 is 1.69 bits per heavy atom. The molecule has 0 aromatic rings. The number of likely N-dealkylation sites (N-methyl/N-ethyl adjacent to an activating group) is 1. The zero-order chi connectivity index (χ0) is 26.9. The first-order chi connectivity index (χ1) is 17.2. The lowest BCUT2D eigenvalue weighted by molar-refractivity contribution is -0.873. The average molecular weight is 504 g/mol. The molecule has 0 saturated heterocycles. The molecule has 0 N–H and O–H groups in total. The summed E-state index contributed by atoms with van der Waals surface area (Å²) in [5.74, 6) is -1.49. The number of quaternary nitrogens is 1. The predicted octanol–water partition coefficient (Wildman–Crippen LogP) is 6.45. The van der Waals surface area contributed by atoms with E-state index in [0.717, 1.165) is 57.8 Å². The van der Waals surface area contributed by atoms with Crippen LogP contribution in [0.25, 0.3) is 0 Å². The van der Waals surface area contributed by atoms with Crippen molar-refractivity contribution in [3.63, 3.8) is 0 Å². The van der Waals surface area contributed by atoms with Crippen LogP contribution in [-0.2, 0) is 14.3 Å². The standard InChI is InChI=1S/C31H53NO4/c1-5-6-7-8-9-10-11-12-13-14-15-16-17-18-19-20-21-22-23-24-25-26-31(35)36-29(27-30(33)34)28-32(2,3)4/h9-10,12-13,15-16,18-19,29H,5-8,11,14,17,20-28H2,1-4H3/b10-9+,13-12+,16-15+,19-18+. The second-order valence-electron chi connectivity index (χ2n) is 10.6. The fraction of sp³-hybridized carbons (Fsp3) is 0.677. The predicted molar refractivity (Wildman–Crippen MR) is 149 cm³/mol. The van der Waals surface area contributed by atoms with Crippen LogP contribution in [-0.4, -0.2) is 50.2 Å². The van der Waals surface area contributed by atoms with Gasteiger partial charge in [-0.1, -0.05) is 87.6 Å². The molecule has 0 aliphatic carbocycles. The summed E-state index contributed by atoms with van der Waals surface area (Å²) in [7, 11) is 5.82. The molecule has 5 nitrogen and oxygen atoms in total. The zero-order valence-corrected chi connectivity index (χ0v) is 23.6. The van der Waals surface area contributed by atoms with E-state index >= 15 is 0 Å². The van der Waals surface area contributed by atoms with E-state index in [9.17, 15) is 14.7 Å². The molecular formula is C31H53NO4. The van der Waals surface area contributed by atoms with Crippen molar-refractivity contribution < 1.29 is 23.9 Å². The third-order valence-corrected chi connectivity index (χ3v) is 5.65. The quantitative estimate of drug-likeness (QED) is 0.0695. The summed E-state index contributed by atoms with van der Waals surface area (Å²) in [6.45, 7) is 2.69. The second-order valence-corrected chi connectivity index (χ2v) is 10.6. The summed E-state index contributed by atoms with van der Waals surface area (Å²) in [6, 6.07) is 0. The van der Waals surface area contributed by atoms with Crippen molar-refractivity contribution in [1.82, 2.24) is 0 Å². The van der Waals surface area contributed by atoms with Gasteiger partial charge in [-0.15, -0.1) is 0 Å². The number of carbonyl (C=O) groups is 2. The summed E-state index contributed by atoms with van der Waals surface area (Å²) < 4.78 is 5.92. The van der Waals surface area contributed by atoms with Crippen molar-refractivity contribution in [3.8, 4) is 0 Å². The number of nitrogens with zero attached hydrogens (tertiary/aromatic N) is 1. The van der Waals surface area contributed by atoms with E-state index in [1.54, 1.807) is 0 Å². The van der Waals surface area contributed by atoms with Crippen LogP contribution in [0.5, 0.6) is 0 Å². The molecule has 0 fully saturated rings. The van der Waals surface area contributed by atoms with Crippen LogP contribution >= 0.6 is 0 Å². The van der Waals surface area contributed by atoms with E-state index in [1.165, 1.54) is 25.7 Å². The molecule has 206 valence electrons. The van der Waals surface area contributed by atoms with Gasteiger partial charge in [-0.3, -0.25) is 4.79 Å². The van der Waals surface area contributed by atoms with Gasteiger partial charge in [-0.05, 0) is 51.4 Å². The Labute approximate surface area is 221 Å². The molecule has 1 atom stereocenters. The molecular weight excluding hydrogens is 450 g/mol. The van der Waals surface area contributed by atoms with Crippen LogP contribution in [0, 0.1) is 0 Å². The molecule has 0 aliphatic rings. The van der Waals surface area contributed by atoms with Gasteiger partial charge in [0.1, 0.15) is 6.54 Å². The summed E-state index contributed by atoms with van der Waals surface area (Å²) in [4.78, 5) is 23.0. The van der Waals surface area contributed by atoms with Gasteiger partial charge in [-0.2, -0.15) is 0 Å². The van der Waals surface area contributed by atoms with Gasteiger partial charge in [0.05, 0.1) is 21.1 Å². The highest BCUT2D eigenvalue weighted by atomic mass is 16.5. The fourth-order valence-electron chi connectivity index (χ4n) is 3.81. The molecule has 0 aromatic carbocycles. The van der Waals surface area contributed by atoms with Gasteiger partial charge >= 0.3 is 5.97 Å². The molecule has 5 heteroatoms. The Hall–Kier alpha value is -2.14. The number of unbranched alkanes of at least 4 members (excludes halogenated alkanes) is 8. The zero-order valence-electron chi connectivity index (χ0n) is 23.6. The van der Waals surface area contributed by atoms with Crippen LogP contribution in [0.2, 0.25) is 0 Å². The monoisotopic (exact) mass is 503 g/mol. The number of carboxylic acid groups (broad SMARTS) is 1. The number of aliphatic carboxylic acids is 1. The fourth-order valence-corrected chi connectivity index (χ4v) is 3.81. The summed E-state index contributed by atoms with van der Waals surface area (Å²) in [5, 5.41) is 10.9. The van der Waals surface area contributed by atoms with Gasteiger partial charge in [-0.25, -0.2) is 0 Å². The second kappa shape index (κ2) is 23.3. The molecule has 1 unspecified atom stereocenters. The molecule has 0 aromatic heterocycles. The minimum atomic E-state index is -1.18. The highest BCUT2D eigenvalue weighted by Gasteiger charge is 2.22. The van der Waals surface area contributed by atoms with E-state index in [-0.39, 0.29) is 12.4 Å². The first-order valence-corrected chi connectivity index (χ1v) is 14.0. The van der Waals surface area contributed by atoms with E-state index < -0.39 is 12.1 Å². The number of hydrogen-bond donors (Lipinski definition) is 0. The summed E-state index contributed by atoms with van der Waals surface area (Å²) in [6.07, 6.45) is 31.8. The Morgan fingerprint density at radius 2 is 1.19 bits per heavy atom. The van der Waals surface area contributed by atoms with Crippen molar-refractivity contribution in [3.05, 3.63) is 48.6 Å². The Morgan fingerprint density at radius 1 is 0.722 bits per heavy atom. The lowest BCUT2D eigenvalue weighted by Crippen LogP contribution is -2.45. The largest absolute Gasteiger partial charge is 0.550 e. The van der Waals surface area contributed by atoms with Gasteiger partial charge in [0.2, 0.25) is 0 Å². The van der Waals surface area contributed by atoms with Crippen molar-refractivity contribution in [2.45, 2.75) is 109 Å². The molecule has 0 rings (SSSR count). The summed E-state index contributed by atoms with van der Waals surface area (Å²) >= 11 is 0. The number of rotatable bonds is 23. The van der Waals surface area contributed by atoms with Gasteiger partial charge in [0, 0.05) is 18.8 Å². The summed E-state index contributed by atoms with van der Waals surface area (Å²) in [5.41, 5.74) is 0. The maximum Gasteiger partial charge on any atom is 0.306 e. The van der Waals surface area contributed by atoms with Crippen molar-refractivity contribution in [2.24, 2.45) is 0 Å². The van der Waals surface area contributed by atoms with E-state index in [1.807, 2.05) is 21.1 Å². The average Bonchev–Trinajstić information content (AvgIpc) is 2.78. The number of carboxylic acids is 1. The third-order valence-electron chi connectivity index (χ3n) is 5.65. The smallest absolute Gasteiger partial charge is 0.306 e. The number of hydrogen-bond acceptors (Lipinski definition) is 4. The first-order valence-electron chi connectivity index (χ1n) is 14.0. The van der Waals surface area contributed by atoms with E-state index in [4.69, 9.17) is 4.74 Å². The topological polar surface area (TPSA) is 66.4 Å². The lowest BCUT2D eigenvalue weighted by Gasteiger charge is -2.29. The molecule has 0 radical (unpaired) electrons. The van der Waals surface area contributed by atoms with Gasteiger partial charge in [0.15, 0.2) is 6.10 Å². The highest BCUT2D eigenvalue weighted by Crippen LogP contribution is 2.11. The Kier molecular flexibility index (Phi) is 21.9. The molecule has 0 spiro atoms. The number of ether oxygens (including phenoxy) is 1. The number of allylic oxidation sites excluding steroid dienone is 8. The number of carbonyl (C=O) groups excluding carboxylic acids is 2. The Bertz CT molecular complexity index is 671. The number of esters is 1. The maximum atomic E-state index is 12.1.